The molecule has 0 radical (unpaired) electrons. The smallest absolute Gasteiger partial charge is 0.142 e. The van der Waals surface area contributed by atoms with Crippen LogP contribution in [0, 0.1) is 0 Å². The van der Waals surface area contributed by atoms with Crippen LogP contribution in [-0.2, 0) is 9.47 Å². The number of hydrogen-bond acceptors (Lipinski definition) is 4. The number of nitrogens with one attached hydrogen (secondary N) is 1. The van der Waals surface area contributed by atoms with Crippen molar-refractivity contribution in [3.63, 3.8) is 0 Å². The molecule has 0 amide bonds. The van der Waals surface area contributed by atoms with Crippen molar-refractivity contribution in [1.82, 2.24) is 5.32 Å². The predicted molar refractivity (Wildman–Crippen MR) is 66.4 cm³/mol. The molecular formula is C11H24BNO3. The molecule has 1 heterocycles. The Balaban J connectivity index is 2.52. The Hall–Kier alpha value is -0.0951. The van der Waals surface area contributed by atoms with E-state index in [0.29, 0.717) is 12.6 Å². The molecule has 0 aromatic carbocycles. The summed E-state index contributed by atoms with van der Waals surface area (Å²) in [7, 11) is 1.90. The van der Waals surface area contributed by atoms with E-state index in [9.17, 15) is 5.11 Å². The van der Waals surface area contributed by atoms with Crippen molar-refractivity contribution in [3.05, 3.63) is 0 Å². The average Bonchev–Trinajstić information content (AvgIpc) is 2.42. The molecule has 0 saturated carbocycles. The molecule has 94 valence electrons. The molecule has 1 saturated heterocycles. The lowest BCUT2D eigenvalue weighted by atomic mass is 9.91. The normalized spacial score (nSPS) is 35.2. The van der Waals surface area contributed by atoms with E-state index in [-0.39, 0.29) is 24.3 Å². The van der Waals surface area contributed by atoms with Gasteiger partial charge in [0.05, 0.1) is 37.0 Å². The summed E-state index contributed by atoms with van der Waals surface area (Å²) in [6, 6.07) is 0.167. The lowest BCUT2D eigenvalue weighted by molar-refractivity contribution is -0.0238. The van der Waals surface area contributed by atoms with Crippen LogP contribution in [0.15, 0.2) is 0 Å². The fraction of sp³-hybridized carbons (Fsp3) is 1.00. The van der Waals surface area contributed by atoms with Crippen LogP contribution < -0.4 is 5.32 Å². The molecular weight excluding hydrogens is 205 g/mol. The number of aliphatic hydroxyl groups is 1. The monoisotopic (exact) mass is 229 g/mol. The van der Waals surface area contributed by atoms with Crippen LogP contribution in [-0.4, -0.2) is 56.0 Å². The summed E-state index contributed by atoms with van der Waals surface area (Å²) in [4.78, 5) is 0. The Morgan fingerprint density at radius 3 is 2.50 bits per heavy atom. The van der Waals surface area contributed by atoms with E-state index in [0.717, 1.165) is 0 Å². The zero-order valence-electron chi connectivity index (χ0n) is 10.9. The van der Waals surface area contributed by atoms with Crippen molar-refractivity contribution in [2.45, 2.75) is 64.1 Å². The Labute approximate surface area is 99.1 Å². The van der Waals surface area contributed by atoms with Gasteiger partial charge in [0, 0.05) is 6.04 Å². The van der Waals surface area contributed by atoms with Gasteiger partial charge in [-0.3, -0.25) is 0 Å². The third kappa shape index (κ3) is 3.73. The molecule has 0 spiro atoms. The van der Waals surface area contributed by atoms with Gasteiger partial charge in [0.1, 0.15) is 7.85 Å². The van der Waals surface area contributed by atoms with E-state index in [4.69, 9.17) is 9.47 Å². The van der Waals surface area contributed by atoms with E-state index in [1.54, 1.807) is 0 Å². The van der Waals surface area contributed by atoms with E-state index < -0.39 is 6.10 Å². The van der Waals surface area contributed by atoms with Crippen molar-refractivity contribution >= 4 is 7.85 Å². The SMILES string of the molecule is B[C@@H]1O[C@H](COC(C)C)C(NC(C)C)C1O. The third-order valence-corrected chi connectivity index (χ3v) is 2.76. The summed E-state index contributed by atoms with van der Waals surface area (Å²) < 4.78 is 11.3. The van der Waals surface area contributed by atoms with Gasteiger partial charge >= 0.3 is 0 Å². The van der Waals surface area contributed by atoms with Crippen LogP contribution in [0.3, 0.4) is 0 Å². The fourth-order valence-corrected chi connectivity index (χ4v) is 1.97. The van der Waals surface area contributed by atoms with Crippen LogP contribution in [0.2, 0.25) is 0 Å². The highest BCUT2D eigenvalue weighted by Gasteiger charge is 2.41. The topological polar surface area (TPSA) is 50.7 Å². The van der Waals surface area contributed by atoms with Crippen molar-refractivity contribution < 1.29 is 14.6 Å². The van der Waals surface area contributed by atoms with Gasteiger partial charge < -0.3 is 19.9 Å². The van der Waals surface area contributed by atoms with Gasteiger partial charge in [0.15, 0.2) is 0 Å². The number of rotatable bonds is 5. The van der Waals surface area contributed by atoms with E-state index in [1.165, 1.54) is 0 Å². The number of aliphatic hydroxyl groups excluding tert-OH is 1. The maximum Gasteiger partial charge on any atom is 0.142 e. The van der Waals surface area contributed by atoms with Gasteiger partial charge in [0.25, 0.3) is 0 Å². The molecule has 1 rings (SSSR count). The van der Waals surface area contributed by atoms with Crippen molar-refractivity contribution in [1.29, 1.82) is 0 Å². The van der Waals surface area contributed by atoms with Crippen LogP contribution in [0.1, 0.15) is 27.7 Å². The van der Waals surface area contributed by atoms with Crippen molar-refractivity contribution in [2.75, 3.05) is 6.61 Å². The van der Waals surface area contributed by atoms with Crippen molar-refractivity contribution in [3.8, 4) is 0 Å². The minimum absolute atomic E-state index is 0.0336. The van der Waals surface area contributed by atoms with Gasteiger partial charge in [-0.2, -0.15) is 0 Å². The van der Waals surface area contributed by atoms with Crippen LogP contribution in [0.25, 0.3) is 0 Å². The minimum atomic E-state index is -0.455. The lowest BCUT2D eigenvalue weighted by Crippen LogP contribution is -2.49. The Morgan fingerprint density at radius 2 is 2.00 bits per heavy atom. The van der Waals surface area contributed by atoms with Gasteiger partial charge in [-0.15, -0.1) is 0 Å². The third-order valence-electron chi connectivity index (χ3n) is 2.76. The van der Waals surface area contributed by atoms with Crippen LogP contribution >= 0.6 is 0 Å². The van der Waals surface area contributed by atoms with E-state index in [2.05, 4.69) is 19.2 Å². The minimum Gasteiger partial charge on any atom is -0.390 e. The molecule has 16 heavy (non-hydrogen) atoms. The lowest BCUT2D eigenvalue weighted by Gasteiger charge is -2.24. The number of ether oxygens (including phenoxy) is 2. The molecule has 5 heteroatoms. The second-order valence-electron chi connectivity index (χ2n) is 5.10. The molecule has 4 atom stereocenters. The van der Waals surface area contributed by atoms with Crippen LogP contribution in [0.5, 0.6) is 0 Å². The maximum atomic E-state index is 10.00. The highest BCUT2D eigenvalue weighted by atomic mass is 16.6. The summed E-state index contributed by atoms with van der Waals surface area (Å²) in [6.45, 7) is 8.66. The molecule has 1 fully saturated rings. The zero-order valence-corrected chi connectivity index (χ0v) is 10.9. The summed E-state index contributed by atoms with van der Waals surface area (Å²) in [5, 5.41) is 13.3. The summed E-state index contributed by atoms with van der Waals surface area (Å²) in [6.07, 6.45) is -0.325. The van der Waals surface area contributed by atoms with E-state index in [1.807, 2.05) is 21.7 Å². The molecule has 4 nitrogen and oxygen atoms in total. The first-order chi connectivity index (χ1) is 7.41. The second kappa shape index (κ2) is 6.01. The Morgan fingerprint density at radius 1 is 1.38 bits per heavy atom. The Bertz CT molecular complexity index is 213. The largest absolute Gasteiger partial charge is 0.390 e. The first-order valence-electron chi connectivity index (χ1n) is 6.13. The summed E-state index contributed by atoms with van der Waals surface area (Å²) >= 11 is 0. The van der Waals surface area contributed by atoms with Gasteiger partial charge in [-0.1, -0.05) is 13.8 Å². The molecule has 0 bridgehead atoms. The van der Waals surface area contributed by atoms with Gasteiger partial charge in [0.2, 0.25) is 0 Å². The molecule has 0 aromatic heterocycles. The zero-order chi connectivity index (χ0) is 12.3. The van der Waals surface area contributed by atoms with Gasteiger partial charge in [-0.05, 0) is 13.8 Å². The van der Waals surface area contributed by atoms with Gasteiger partial charge in [-0.25, -0.2) is 0 Å². The quantitative estimate of drug-likeness (QED) is 0.624. The molecule has 0 aromatic rings. The fourth-order valence-electron chi connectivity index (χ4n) is 1.97. The molecule has 1 aliphatic heterocycles. The summed E-state index contributed by atoms with van der Waals surface area (Å²) in [5.74, 6) is 0. The average molecular weight is 229 g/mol. The van der Waals surface area contributed by atoms with Crippen LogP contribution in [0.4, 0.5) is 0 Å². The summed E-state index contributed by atoms with van der Waals surface area (Å²) in [5.41, 5.74) is 0. The molecule has 2 N–H and O–H groups in total. The first-order valence-corrected chi connectivity index (χ1v) is 6.13. The highest BCUT2D eigenvalue weighted by molar-refractivity contribution is 6.11. The molecule has 0 aliphatic carbocycles. The Kier molecular flexibility index (Phi) is 5.24. The predicted octanol–water partition coefficient (Wildman–Crippen LogP) is -0.503. The first kappa shape index (κ1) is 14.0. The highest BCUT2D eigenvalue weighted by Crippen LogP contribution is 2.20. The maximum absolute atomic E-state index is 10.00. The molecule has 2 unspecified atom stereocenters. The molecule has 1 aliphatic rings. The number of hydrogen-bond donors (Lipinski definition) is 2. The van der Waals surface area contributed by atoms with E-state index >= 15 is 0 Å². The standard InChI is InChI=1S/C11H24BNO3/c1-6(2)13-9-8(5-15-7(3)4)16-11(12)10(9)14/h6-11,13-14H,5,12H2,1-4H3/t8-,9?,10?,11-/m1/s1. The van der Waals surface area contributed by atoms with Crippen molar-refractivity contribution in [2.24, 2.45) is 0 Å². The second-order valence-corrected chi connectivity index (χ2v) is 5.10.